The Morgan fingerprint density at radius 3 is 2.50 bits per heavy atom. The topological polar surface area (TPSA) is 41.6 Å². The van der Waals surface area contributed by atoms with Gasteiger partial charge in [0.1, 0.15) is 18.5 Å². The van der Waals surface area contributed by atoms with Crippen LogP contribution in [0.25, 0.3) is 0 Å². The SMILES string of the molecule is C=CCN1C(=O)c2ccccc2NC1c1ccccc1OCc1ccccc1. The summed E-state index contributed by atoms with van der Waals surface area (Å²) in [5.41, 5.74) is 3.51. The van der Waals surface area contributed by atoms with Gasteiger partial charge < -0.3 is 15.0 Å². The number of nitrogens with one attached hydrogen (secondary N) is 1. The third-order valence-corrected chi connectivity index (χ3v) is 4.80. The number of benzene rings is 3. The molecule has 0 bridgehead atoms. The highest BCUT2D eigenvalue weighted by atomic mass is 16.5. The van der Waals surface area contributed by atoms with E-state index in [1.165, 1.54) is 0 Å². The van der Waals surface area contributed by atoms with Crippen molar-refractivity contribution in [2.75, 3.05) is 11.9 Å². The maximum atomic E-state index is 13.1. The van der Waals surface area contributed by atoms with Gasteiger partial charge in [0.25, 0.3) is 5.91 Å². The minimum absolute atomic E-state index is 0.0166. The molecule has 3 aromatic carbocycles. The summed E-state index contributed by atoms with van der Waals surface area (Å²) in [5.74, 6) is 0.738. The van der Waals surface area contributed by atoms with Crippen molar-refractivity contribution < 1.29 is 9.53 Å². The molecule has 3 aromatic rings. The van der Waals surface area contributed by atoms with Gasteiger partial charge in [-0.1, -0.05) is 66.7 Å². The molecule has 1 unspecified atom stereocenters. The molecule has 1 aliphatic rings. The lowest BCUT2D eigenvalue weighted by Crippen LogP contribution is -2.43. The van der Waals surface area contributed by atoms with Gasteiger partial charge >= 0.3 is 0 Å². The summed E-state index contributed by atoms with van der Waals surface area (Å²) in [6.07, 6.45) is 1.42. The largest absolute Gasteiger partial charge is 0.488 e. The fourth-order valence-electron chi connectivity index (χ4n) is 3.44. The summed E-state index contributed by atoms with van der Waals surface area (Å²) in [7, 11) is 0. The Bertz CT molecular complexity index is 985. The smallest absolute Gasteiger partial charge is 0.258 e. The van der Waals surface area contributed by atoms with Gasteiger partial charge in [-0.2, -0.15) is 0 Å². The van der Waals surface area contributed by atoms with Gasteiger partial charge in [-0.25, -0.2) is 0 Å². The van der Waals surface area contributed by atoms with Crippen LogP contribution in [-0.2, 0) is 6.61 Å². The van der Waals surface area contributed by atoms with E-state index in [0.29, 0.717) is 18.7 Å². The van der Waals surface area contributed by atoms with E-state index in [0.717, 1.165) is 22.6 Å². The number of amides is 1. The Labute approximate surface area is 165 Å². The van der Waals surface area contributed by atoms with Crippen molar-refractivity contribution in [2.24, 2.45) is 0 Å². The number of para-hydroxylation sites is 2. The van der Waals surface area contributed by atoms with E-state index in [1.54, 1.807) is 11.0 Å². The lowest BCUT2D eigenvalue weighted by Gasteiger charge is -2.38. The standard InChI is InChI=1S/C24H22N2O2/c1-2-16-26-23(25-21-14-8-6-12-19(21)24(26)27)20-13-7-9-15-22(20)28-17-18-10-4-3-5-11-18/h2-15,23,25H,1,16-17H2. The molecular weight excluding hydrogens is 348 g/mol. The van der Waals surface area contributed by atoms with Crippen molar-refractivity contribution in [2.45, 2.75) is 12.8 Å². The summed E-state index contributed by atoms with van der Waals surface area (Å²) < 4.78 is 6.12. The van der Waals surface area contributed by atoms with Gasteiger partial charge in [0.05, 0.1) is 5.56 Å². The molecule has 4 heteroatoms. The van der Waals surface area contributed by atoms with E-state index in [-0.39, 0.29) is 12.1 Å². The molecule has 140 valence electrons. The van der Waals surface area contributed by atoms with Crippen LogP contribution in [0.15, 0.2) is 91.5 Å². The molecule has 0 fully saturated rings. The van der Waals surface area contributed by atoms with Crippen LogP contribution in [0.3, 0.4) is 0 Å². The van der Waals surface area contributed by atoms with Crippen molar-refractivity contribution in [1.29, 1.82) is 0 Å². The molecule has 0 radical (unpaired) electrons. The van der Waals surface area contributed by atoms with Crippen LogP contribution in [0.2, 0.25) is 0 Å². The van der Waals surface area contributed by atoms with Crippen LogP contribution in [0.4, 0.5) is 5.69 Å². The van der Waals surface area contributed by atoms with E-state index < -0.39 is 0 Å². The first-order valence-corrected chi connectivity index (χ1v) is 9.31. The molecule has 0 saturated carbocycles. The minimum Gasteiger partial charge on any atom is -0.488 e. The van der Waals surface area contributed by atoms with Crippen LogP contribution in [-0.4, -0.2) is 17.4 Å². The minimum atomic E-state index is -0.327. The average molecular weight is 370 g/mol. The van der Waals surface area contributed by atoms with Crippen molar-refractivity contribution in [3.8, 4) is 5.75 Å². The third-order valence-electron chi connectivity index (χ3n) is 4.80. The molecular formula is C24H22N2O2. The van der Waals surface area contributed by atoms with E-state index in [4.69, 9.17) is 4.74 Å². The van der Waals surface area contributed by atoms with Crippen LogP contribution in [0.5, 0.6) is 5.75 Å². The van der Waals surface area contributed by atoms with Crippen molar-refractivity contribution in [3.63, 3.8) is 0 Å². The molecule has 1 heterocycles. The number of carbonyl (C=O) groups excluding carboxylic acids is 1. The Kier molecular flexibility index (Phi) is 5.11. The predicted octanol–water partition coefficient (Wildman–Crippen LogP) is 5.02. The highest BCUT2D eigenvalue weighted by molar-refractivity contribution is 6.01. The molecule has 0 aliphatic carbocycles. The van der Waals surface area contributed by atoms with Crippen molar-refractivity contribution in [3.05, 3.63) is 108 Å². The molecule has 28 heavy (non-hydrogen) atoms. The molecule has 4 rings (SSSR count). The summed E-state index contributed by atoms with van der Waals surface area (Å²) >= 11 is 0. The van der Waals surface area contributed by atoms with E-state index in [2.05, 4.69) is 11.9 Å². The van der Waals surface area contributed by atoms with E-state index in [1.807, 2.05) is 78.9 Å². The quantitative estimate of drug-likeness (QED) is 0.620. The Morgan fingerprint density at radius 2 is 1.68 bits per heavy atom. The van der Waals surface area contributed by atoms with Gasteiger partial charge in [-0.05, 0) is 23.8 Å². The highest BCUT2D eigenvalue weighted by Crippen LogP contribution is 2.36. The molecule has 1 aliphatic heterocycles. The average Bonchev–Trinajstić information content (AvgIpc) is 2.75. The number of hydrogen-bond acceptors (Lipinski definition) is 3. The normalized spacial score (nSPS) is 15.5. The molecule has 1 N–H and O–H groups in total. The first-order chi connectivity index (χ1) is 13.8. The third kappa shape index (κ3) is 3.49. The predicted molar refractivity (Wildman–Crippen MR) is 111 cm³/mol. The zero-order chi connectivity index (χ0) is 19.3. The lowest BCUT2D eigenvalue weighted by atomic mass is 10.0. The Morgan fingerprint density at radius 1 is 0.964 bits per heavy atom. The molecule has 1 amide bonds. The molecule has 1 atom stereocenters. The summed E-state index contributed by atoms with van der Waals surface area (Å²) in [4.78, 5) is 14.9. The lowest BCUT2D eigenvalue weighted by molar-refractivity contribution is 0.0705. The number of carbonyl (C=O) groups is 1. The van der Waals surface area contributed by atoms with Gasteiger partial charge in [0.15, 0.2) is 0 Å². The monoisotopic (exact) mass is 370 g/mol. The number of ether oxygens (including phenoxy) is 1. The summed E-state index contributed by atoms with van der Waals surface area (Å²) in [6.45, 7) is 4.73. The number of fused-ring (bicyclic) bond motifs is 1. The molecule has 4 nitrogen and oxygen atoms in total. The van der Waals surface area contributed by atoms with Crippen LogP contribution in [0, 0.1) is 0 Å². The number of anilines is 1. The van der Waals surface area contributed by atoms with Crippen LogP contribution < -0.4 is 10.1 Å². The summed E-state index contributed by atoms with van der Waals surface area (Å²) in [6, 6.07) is 25.5. The number of rotatable bonds is 6. The zero-order valence-electron chi connectivity index (χ0n) is 15.5. The molecule has 0 saturated heterocycles. The molecule has 0 aromatic heterocycles. The maximum Gasteiger partial charge on any atom is 0.258 e. The fraction of sp³-hybridized carbons (Fsp3) is 0.125. The van der Waals surface area contributed by atoms with Gasteiger partial charge in [-0.3, -0.25) is 4.79 Å². The van der Waals surface area contributed by atoms with Crippen molar-refractivity contribution >= 4 is 11.6 Å². The summed E-state index contributed by atoms with van der Waals surface area (Å²) in [5, 5.41) is 3.49. The second-order valence-corrected chi connectivity index (χ2v) is 6.65. The van der Waals surface area contributed by atoms with Crippen LogP contribution in [0.1, 0.15) is 27.7 Å². The maximum absolute atomic E-state index is 13.1. The molecule has 0 spiro atoms. The van der Waals surface area contributed by atoms with Crippen molar-refractivity contribution in [1.82, 2.24) is 4.90 Å². The fourth-order valence-corrected chi connectivity index (χ4v) is 3.44. The Balaban J connectivity index is 1.67. The van der Waals surface area contributed by atoms with Crippen LogP contribution >= 0.6 is 0 Å². The first kappa shape index (κ1) is 17.9. The highest BCUT2D eigenvalue weighted by Gasteiger charge is 2.33. The number of nitrogens with zero attached hydrogens (tertiary/aromatic N) is 1. The van der Waals surface area contributed by atoms with Gasteiger partial charge in [-0.15, -0.1) is 6.58 Å². The van der Waals surface area contributed by atoms with Gasteiger partial charge in [0, 0.05) is 17.8 Å². The van der Waals surface area contributed by atoms with Gasteiger partial charge in [0.2, 0.25) is 0 Å². The number of hydrogen-bond donors (Lipinski definition) is 1. The second-order valence-electron chi connectivity index (χ2n) is 6.65. The first-order valence-electron chi connectivity index (χ1n) is 9.31. The Hall–Kier alpha value is -3.53. The zero-order valence-corrected chi connectivity index (χ0v) is 15.5. The van der Waals surface area contributed by atoms with E-state index >= 15 is 0 Å². The van der Waals surface area contributed by atoms with E-state index in [9.17, 15) is 4.79 Å². The second kappa shape index (κ2) is 8.01.